The molecule has 0 aromatic rings. The highest BCUT2D eigenvalue weighted by Crippen LogP contribution is 2.01. The molecule has 0 radical (unpaired) electrons. The van der Waals surface area contributed by atoms with Crippen LogP contribution in [0.25, 0.3) is 0 Å². The zero-order valence-electron chi connectivity index (χ0n) is 9.57. The second kappa shape index (κ2) is 8.17. The summed E-state index contributed by atoms with van der Waals surface area (Å²) in [4.78, 5) is 2.17. The first kappa shape index (κ1) is 13.8. The predicted molar refractivity (Wildman–Crippen MR) is 58.3 cm³/mol. The minimum absolute atomic E-state index is 0.0777. The normalized spacial score (nSPS) is 13.9. The monoisotopic (exact) mass is 204 g/mol. The van der Waals surface area contributed by atoms with Crippen molar-refractivity contribution in [3.05, 3.63) is 0 Å². The van der Waals surface area contributed by atoms with Crippen molar-refractivity contribution in [2.75, 3.05) is 32.8 Å². The van der Waals surface area contributed by atoms with Gasteiger partial charge in [0.25, 0.3) is 0 Å². The standard InChI is InChI=1S/C10H24N2O2/c1-4-14-10(7-11)8-12(5-6-13)9(2)3/h9-10,13H,4-8,11H2,1-3H3. The van der Waals surface area contributed by atoms with E-state index in [-0.39, 0.29) is 12.7 Å². The maximum absolute atomic E-state index is 8.89. The molecule has 0 aromatic heterocycles. The van der Waals surface area contributed by atoms with Crippen LogP contribution >= 0.6 is 0 Å². The van der Waals surface area contributed by atoms with Gasteiger partial charge in [0.15, 0.2) is 0 Å². The number of ether oxygens (including phenoxy) is 1. The summed E-state index contributed by atoms with van der Waals surface area (Å²) in [5.41, 5.74) is 5.59. The lowest BCUT2D eigenvalue weighted by Gasteiger charge is -2.29. The van der Waals surface area contributed by atoms with Gasteiger partial charge in [0.2, 0.25) is 0 Å². The van der Waals surface area contributed by atoms with Crippen LogP contribution in [-0.4, -0.2) is 55.0 Å². The Morgan fingerprint density at radius 3 is 2.43 bits per heavy atom. The second-order valence-corrected chi connectivity index (χ2v) is 3.63. The number of hydrogen-bond donors (Lipinski definition) is 2. The van der Waals surface area contributed by atoms with Gasteiger partial charge >= 0.3 is 0 Å². The fourth-order valence-electron chi connectivity index (χ4n) is 1.38. The third-order valence-electron chi connectivity index (χ3n) is 2.22. The second-order valence-electron chi connectivity index (χ2n) is 3.63. The molecule has 0 heterocycles. The average Bonchev–Trinajstić information content (AvgIpc) is 2.15. The third-order valence-corrected chi connectivity index (χ3v) is 2.22. The van der Waals surface area contributed by atoms with E-state index in [2.05, 4.69) is 18.7 Å². The maximum Gasteiger partial charge on any atom is 0.0823 e. The molecular weight excluding hydrogens is 180 g/mol. The van der Waals surface area contributed by atoms with E-state index in [4.69, 9.17) is 15.6 Å². The molecule has 0 aliphatic rings. The lowest BCUT2D eigenvalue weighted by atomic mass is 10.2. The Kier molecular flexibility index (Phi) is 8.08. The fraction of sp³-hybridized carbons (Fsp3) is 1.00. The van der Waals surface area contributed by atoms with Crippen molar-refractivity contribution >= 4 is 0 Å². The maximum atomic E-state index is 8.89. The first-order valence-electron chi connectivity index (χ1n) is 5.32. The molecule has 0 saturated carbocycles. The van der Waals surface area contributed by atoms with Crippen LogP contribution in [0.4, 0.5) is 0 Å². The van der Waals surface area contributed by atoms with Crippen LogP contribution in [0.1, 0.15) is 20.8 Å². The number of aliphatic hydroxyl groups excluding tert-OH is 1. The summed E-state index contributed by atoms with van der Waals surface area (Å²) < 4.78 is 5.47. The smallest absolute Gasteiger partial charge is 0.0823 e. The van der Waals surface area contributed by atoms with Gasteiger partial charge in [-0.1, -0.05) is 0 Å². The van der Waals surface area contributed by atoms with E-state index in [1.807, 2.05) is 6.92 Å². The predicted octanol–water partition coefficient (Wildman–Crippen LogP) is 0.0529. The molecule has 0 amide bonds. The largest absolute Gasteiger partial charge is 0.395 e. The highest BCUT2D eigenvalue weighted by molar-refractivity contribution is 4.69. The van der Waals surface area contributed by atoms with E-state index in [9.17, 15) is 0 Å². The number of hydrogen-bond acceptors (Lipinski definition) is 4. The van der Waals surface area contributed by atoms with Gasteiger partial charge < -0.3 is 15.6 Å². The number of nitrogens with two attached hydrogens (primary N) is 1. The molecule has 0 aromatic carbocycles. The topological polar surface area (TPSA) is 58.7 Å². The van der Waals surface area contributed by atoms with Gasteiger partial charge in [-0.3, -0.25) is 4.90 Å². The molecule has 14 heavy (non-hydrogen) atoms. The lowest BCUT2D eigenvalue weighted by Crippen LogP contribution is -2.43. The first-order valence-corrected chi connectivity index (χ1v) is 5.32. The molecule has 0 aliphatic heterocycles. The van der Waals surface area contributed by atoms with Crippen LogP contribution in [0.15, 0.2) is 0 Å². The Morgan fingerprint density at radius 1 is 1.43 bits per heavy atom. The molecule has 86 valence electrons. The zero-order chi connectivity index (χ0) is 11.0. The molecule has 0 fully saturated rings. The van der Waals surface area contributed by atoms with Gasteiger partial charge in [0.1, 0.15) is 0 Å². The van der Waals surface area contributed by atoms with Gasteiger partial charge in [0, 0.05) is 32.3 Å². The molecule has 3 N–H and O–H groups in total. The van der Waals surface area contributed by atoms with Crippen molar-refractivity contribution in [3.63, 3.8) is 0 Å². The van der Waals surface area contributed by atoms with Crippen LogP contribution in [0.2, 0.25) is 0 Å². The quantitative estimate of drug-likeness (QED) is 0.587. The summed E-state index contributed by atoms with van der Waals surface area (Å²) in [6.45, 7) is 9.06. The van der Waals surface area contributed by atoms with Crippen molar-refractivity contribution in [3.8, 4) is 0 Å². The van der Waals surface area contributed by atoms with Crippen molar-refractivity contribution in [1.29, 1.82) is 0 Å². The summed E-state index contributed by atoms with van der Waals surface area (Å²) in [6, 6.07) is 0.414. The Bertz CT molecular complexity index is 131. The number of nitrogens with zero attached hydrogens (tertiary/aromatic N) is 1. The van der Waals surface area contributed by atoms with Gasteiger partial charge in [-0.25, -0.2) is 0 Å². The van der Waals surface area contributed by atoms with E-state index < -0.39 is 0 Å². The van der Waals surface area contributed by atoms with Crippen molar-refractivity contribution < 1.29 is 9.84 Å². The highest BCUT2D eigenvalue weighted by atomic mass is 16.5. The van der Waals surface area contributed by atoms with E-state index in [0.717, 1.165) is 6.54 Å². The minimum Gasteiger partial charge on any atom is -0.395 e. The average molecular weight is 204 g/mol. The molecule has 1 unspecified atom stereocenters. The fourth-order valence-corrected chi connectivity index (χ4v) is 1.38. The van der Waals surface area contributed by atoms with E-state index in [1.165, 1.54) is 0 Å². The van der Waals surface area contributed by atoms with Crippen LogP contribution < -0.4 is 5.73 Å². The molecule has 0 rings (SSSR count). The molecule has 0 aliphatic carbocycles. The molecule has 1 atom stereocenters. The van der Waals surface area contributed by atoms with E-state index in [0.29, 0.717) is 25.7 Å². The Hall–Kier alpha value is -0.160. The highest BCUT2D eigenvalue weighted by Gasteiger charge is 2.14. The van der Waals surface area contributed by atoms with Crippen molar-refractivity contribution in [2.45, 2.75) is 32.9 Å². The van der Waals surface area contributed by atoms with Crippen LogP contribution in [-0.2, 0) is 4.74 Å². The summed E-state index contributed by atoms with van der Waals surface area (Å²) >= 11 is 0. The van der Waals surface area contributed by atoms with Gasteiger partial charge in [-0.15, -0.1) is 0 Å². The molecule has 4 heteroatoms. The molecule has 0 spiro atoms. The first-order chi connectivity index (χ1) is 6.65. The van der Waals surface area contributed by atoms with Crippen LogP contribution in [0.5, 0.6) is 0 Å². The van der Waals surface area contributed by atoms with Gasteiger partial charge in [-0.2, -0.15) is 0 Å². The Morgan fingerprint density at radius 2 is 2.07 bits per heavy atom. The third kappa shape index (κ3) is 5.54. The van der Waals surface area contributed by atoms with Crippen molar-refractivity contribution in [1.82, 2.24) is 4.90 Å². The van der Waals surface area contributed by atoms with Gasteiger partial charge in [0.05, 0.1) is 12.7 Å². The lowest BCUT2D eigenvalue weighted by molar-refractivity contribution is 0.0265. The number of aliphatic hydroxyl groups is 1. The zero-order valence-corrected chi connectivity index (χ0v) is 9.57. The molecule has 0 saturated heterocycles. The van der Waals surface area contributed by atoms with E-state index in [1.54, 1.807) is 0 Å². The Labute approximate surface area is 87.0 Å². The van der Waals surface area contributed by atoms with Crippen molar-refractivity contribution in [2.24, 2.45) is 5.73 Å². The molecule has 0 bridgehead atoms. The SMILES string of the molecule is CCOC(CN)CN(CCO)C(C)C. The van der Waals surface area contributed by atoms with Crippen LogP contribution in [0.3, 0.4) is 0 Å². The molecule has 4 nitrogen and oxygen atoms in total. The summed E-state index contributed by atoms with van der Waals surface area (Å²) in [5.74, 6) is 0. The minimum atomic E-state index is 0.0777. The van der Waals surface area contributed by atoms with Crippen LogP contribution in [0, 0.1) is 0 Å². The van der Waals surface area contributed by atoms with Gasteiger partial charge in [-0.05, 0) is 20.8 Å². The Balaban J connectivity index is 3.97. The molecular formula is C10H24N2O2. The summed E-state index contributed by atoms with van der Waals surface area (Å²) in [7, 11) is 0. The summed E-state index contributed by atoms with van der Waals surface area (Å²) in [6.07, 6.45) is 0.0777. The van der Waals surface area contributed by atoms with E-state index >= 15 is 0 Å². The number of rotatable bonds is 8. The summed E-state index contributed by atoms with van der Waals surface area (Å²) in [5, 5.41) is 8.89.